The van der Waals surface area contributed by atoms with Gasteiger partial charge in [0.15, 0.2) is 0 Å². The van der Waals surface area contributed by atoms with Crippen molar-refractivity contribution in [2.75, 3.05) is 25.5 Å². The van der Waals surface area contributed by atoms with Gasteiger partial charge in [0.05, 0.1) is 6.04 Å². The first-order valence-corrected chi connectivity index (χ1v) is 5.13. The van der Waals surface area contributed by atoms with E-state index < -0.39 is 0 Å². The molecule has 0 atom stereocenters. The van der Waals surface area contributed by atoms with Crippen molar-refractivity contribution in [1.82, 2.24) is 15.1 Å². The van der Waals surface area contributed by atoms with Crippen LogP contribution in [-0.2, 0) is 0 Å². The lowest BCUT2D eigenvalue weighted by Crippen LogP contribution is -2.44. The van der Waals surface area contributed by atoms with Gasteiger partial charge < -0.3 is 10.6 Å². The molecule has 0 unspecified atom stereocenters. The Morgan fingerprint density at radius 3 is 2.86 bits per heavy atom. The Labute approximate surface area is 90.2 Å². The molecule has 0 radical (unpaired) electrons. The lowest BCUT2D eigenvalue weighted by molar-refractivity contribution is 0.321. The minimum Gasteiger partial charge on any atom is -0.372 e. The molecule has 0 amide bonds. The second-order valence-corrected chi connectivity index (χ2v) is 3.88. The summed E-state index contributed by atoms with van der Waals surface area (Å²) in [6, 6.07) is 2.48. The maximum absolute atomic E-state index is 8.93. The average molecular weight is 256 g/mol. The fourth-order valence-electron chi connectivity index (χ4n) is 1.46. The van der Waals surface area contributed by atoms with Crippen LogP contribution in [0, 0.1) is 11.3 Å². The molecule has 1 aromatic heterocycles. The SMILES string of the molecule is CNc1c(C#N)c(Br)nn1C1CNC1. The number of nitrogens with zero attached hydrogens (tertiary/aromatic N) is 3. The normalized spacial score (nSPS) is 16.1. The fraction of sp³-hybridized carbons (Fsp3) is 0.500. The second-order valence-electron chi connectivity index (χ2n) is 3.13. The van der Waals surface area contributed by atoms with Crippen molar-refractivity contribution < 1.29 is 0 Å². The summed E-state index contributed by atoms with van der Waals surface area (Å²) < 4.78 is 2.47. The van der Waals surface area contributed by atoms with Crippen molar-refractivity contribution in [2.45, 2.75) is 6.04 Å². The smallest absolute Gasteiger partial charge is 0.148 e. The molecular formula is C8H10BrN5. The largest absolute Gasteiger partial charge is 0.372 e. The van der Waals surface area contributed by atoms with Gasteiger partial charge in [-0.1, -0.05) is 0 Å². The maximum Gasteiger partial charge on any atom is 0.148 e. The molecule has 1 aromatic rings. The summed E-state index contributed by atoms with van der Waals surface area (Å²) in [7, 11) is 1.80. The Kier molecular flexibility index (Phi) is 2.44. The first-order valence-electron chi connectivity index (χ1n) is 4.34. The van der Waals surface area contributed by atoms with Gasteiger partial charge in [0.1, 0.15) is 22.1 Å². The third-order valence-electron chi connectivity index (χ3n) is 2.32. The Bertz CT molecular complexity index is 387. The molecule has 0 saturated carbocycles. The molecule has 2 N–H and O–H groups in total. The standard InChI is InChI=1S/C8H10BrN5/c1-11-8-6(2-10)7(9)13-14(8)5-3-12-4-5/h5,11-12H,3-4H2,1H3. The third-order valence-corrected chi connectivity index (χ3v) is 2.88. The van der Waals surface area contributed by atoms with Gasteiger partial charge >= 0.3 is 0 Å². The summed E-state index contributed by atoms with van der Waals surface area (Å²) in [6.45, 7) is 1.82. The van der Waals surface area contributed by atoms with Crippen molar-refractivity contribution >= 4 is 21.7 Å². The second kappa shape index (κ2) is 3.59. The van der Waals surface area contributed by atoms with E-state index in [1.807, 2.05) is 4.68 Å². The van der Waals surface area contributed by atoms with E-state index in [1.54, 1.807) is 7.05 Å². The van der Waals surface area contributed by atoms with Gasteiger partial charge in [-0.15, -0.1) is 0 Å². The Hall–Kier alpha value is -1.06. The summed E-state index contributed by atoms with van der Waals surface area (Å²) in [4.78, 5) is 0. The van der Waals surface area contributed by atoms with Crippen molar-refractivity contribution in [1.29, 1.82) is 5.26 Å². The van der Waals surface area contributed by atoms with Crippen LogP contribution in [-0.4, -0.2) is 29.9 Å². The molecule has 0 aliphatic carbocycles. The fourth-order valence-corrected chi connectivity index (χ4v) is 1.90. The van der Waals surface area contributed by atoms with E-state index in [0.29, 0.717) is 16.2 Å². The van der Waals surface area contributed by atoms with E-state index >= 15 is 0 Å². The molecule has 0 aromatic carbocycles. The van der Waals surface area contributed by atoms with Crippen LogP contribution in [0.25, 0.3) is 0 Å². The van der Waals surface area contributed by atoms with Gasteiger partial charge in [-0.3, -0.25) is 0 Å². The number of anilines is 1. The number of nitrogens with one attached hydrogen (secondary N) is 2. The van der Waals surface area contributed by atoms with Gasteiger partial charge in [0, 0.05) is 20.1 Å². The topological polar surface area (TPSA) is 65.7 Å². The highest BCUT2D eigenvalue weighted by molar-refractivity contribution is 9.10. The molecule has 2 heterocycles. The summed E-state index contributed by atoms with van der Waals surface area (Å²) in [6.07, 6.45) is 0. The highest BCUT2D eigenvalue weighted by Gasteiger charge is 2.25. The lowest BCUT2D eigenvalue weighted by atomic mass is 10.2. The molecule has 6 heteroatoms. The summed E-state index contributed by atoms with van der Waals surface area (Å²) in [5, 5.41) is 19.4. The molecule has 74 valence electrons. The third kappa shape index (κ3) is 1.29. The quantitative estimate of drug-likeness (QED) is 0.817. The number of halogens is 1. The molecule has 1 fully saturated rings. The molecule has 1 aliphatic rings. The van der Waals surface area contributed by atoms with Crippen LogP contribution in [0.2, 0.25) is 0 Å². The van der Waals surface area contributed by atoms with Gasteiger partial charge in [-0.25, -0.2) is 4.68 Å². The zero-order chi connectivity index (χ0) is 10.1. The van der Waals surface area contributed by atoms with Crippen molar-refractivity contribution in [3.63, 3.8) is 0 Å². The zero-order valence-electron chi connectivity index (χ0n) is 7.71. The maximum atomic E-state index is 8.93. The Morgan fingerprint density at radius 1 is 1.71 bits per heavy atom. The summed E-state index contributed by atoms with van der Waals surface area (Å²) in [5.74, 6) is 0.783. The molecule has 1 saturated heterocycles. The molecular weight excluding hydrogens is 246 g/mol. The Morgan fingerprint density at radius 2 is 2.43 bits per heavy atom. The van der Waals surface area contributed by atoms with Crippen LogP contribution in [0.4, 0.5) is 5.82 Å². The highest BCUT2D eigenvalue weighted by Crippen LogP contribution is 2.27. The molecule has 14 heavy (non-hydrogen) atoms. The van der Waals surface area contributed by atoms with E-state index in [1.165, 1.54) is 0 Å². The highest BCUT2D eigenvalue weighted by atomic mass is 79.9. The summed E-state index contributed by atoms with van der Waals surface area (Å²) in [5.41, 5.74) is 0.569. The van der Waals surface area contributed by atoms with Crippen LogP contribution >= 0.6 is 15.9 Å². The van der Waals surface area contributed by atoms with Crippen molar-refractivity contribution in [3.05, 3.63) is 10.2 Å². The summed E-state index contributed by atoms with van der Waals surface area (Å²) >= 11 is 3.28. The van der Waals surface area contributed by atoms with Crippen LogP contribution in [0.5, 0.6) is 0 Å². The molecule has 2 rings (SSSR count). The molecule has 0 spiro atoms. The number of hydrogen-bond donors (Lipinski definition) is 2. The van der Waals surface area contributed by atoms with E-state index in [-0.39, 0.29) is 0 Å². The van der Waals surface area contributed by atoms with E-state index in [4.69, 9.17) is 5.26 Å². The van der Waals surface area contributed by atoms with Gasteiger partial charge in [-0.2, -0.15) is 10.4 Å². The number of hydrogen-bond acceptors (Lipinski definition) is 4. The van der Waals surface area contributed by atoms with Crippen LogP contribution in [0.15, 0.2) is 4.60 Å². The Balaban J connectivity index is 2.44. The van der Waals surface area contributed by atoms with Gasteiger partial charge in [0.2, 0.25) is 0 Å². The van der Waals surface area contributed by atoms with Gasteiger partial charge in [0.25, 0.3) is 0 Å². The van der Waals surface area contributed by atoms with E-state index in [0.717, 1.165) is 18.9 Å². The zero-order valence-corrected chi connectivity index (χ0v) is 9.30. The van der Waals surface area contributed by atoms with Crippen molar-refractivity contribution in [2.24, 2.45) is 0 Å². The predicted octanol–water partition coefficient (Wildman–Crippen LogP) is 0.703. The van der Waals surface area contributed by atoms with E-state index in [9.17, 15) is 0 Å². The van der Waals surface area contributed by atoms with Gasteiger partial charge in [-0.05, 0) is 15.9 Å². The minimum atomic E-state index is 0.357. The van der Waals surface area contributed by atoms with Crippen LogP contribution < -0.4 is 10.6 Å². The van der Waals surface area contributed by atoms with Crippen molar-refractivity contribution in [3.8, 4) is 6.07 Å². The van der Waals surface area contributed by atoms with E-state index in [2.05, 4.69) is 37.7 Å². The first-order chi connectivity index (χ1) is 6.77. The molecule has 1 aliphatic heterocycles. The molecule has 0 bridgehead atoms. The average Bonchev–Trinajstić information content (AvgIpc) is 2.38. The van der Waals surface area contributed by atoms with Crippen LogP contribution in [0.3, 0.4) is 0 Å². The number of aromatic nitrogens is 2. The molecule has 5 nitrogen and oxygen atoms in total. The monoisotopic (exact) mass is 255 g/mol. The number of rotatable bonds is 2. The minimum absolute atomic E-state index is 0.357. The predicted molar refractivity (Wildman–Crippen MR) is 56.1 cm³/mol. The van der Waals surface area contributed by atoms with Crippen LogP contribution in [0.1, 0.15) is 11.6 Å². The number of nitriles is 1. The lowest BCUT2D eigenvalue weighted by Gasteiger charge is -2.28. The first kappa shape index (κ1) is 9.49.